The molecule has 1 rings (SSSR count). The summed E-state index contributed by atoms with van der Waals surface area (Å²) >= 11 is 3.44. The van der Waals surface area contributed by atoms with Crippen molar-refractivity contribution in [2.45, 2.75) is 39.3 Å². The van der Waals surface area contributed by atoms with Crippen molar-refractivity contribution in [3.63, 3.8) is 0 Å². The fraction of sp³-hybridized carbons (Fsp3) is 0.500. The molecule has 0 aliphatic heterocycles. The zero-order valence-corrected chi connectivity index (χ0v) is 14.5. The highest BCUT2D eigenvalue weighted by atomic mass is 79.9. The second-order valence-electron chi connectivity index (χ2n) is 6.29. The number of halogens is 2. The van der Waals surface area contributed by atoms with Gasteiger partial charge in [0.1, 0.15) is 5.82 Å². The first-order valence-electron chi connectivity index (χ1n) is 5.54. The van der Waals surface area contributed by atoms with Crippen molar-refractivity contribution in [3.8, 4) is 0 Å². The summed E-state index contributed by atoms with van der Waals surface area (Å²) in [6, 6.07) is 4.12. The van der Waals surface area contributed by atoms with Crippen molar-refractivity contribution in [2.24, 2.45) is 0 Å². The van der Waals surface area contributed by atoms with E-state index in [1.54, 1.807) is 0 Å². The molecule has 0 heterocycles. The van der Waals surface area contributed by atoms with Crippen LogP contribution >= 0.6 is 15.9 Å². The molecule has 0 radical (unpaired) electrons. The molecule has 90 valence electrons. The predicted octanol–water partition coefficient (Wildman–Crippen LogP) is 3.68. The molecule has 0 N–H and O–H groups in total. The average Bonchev–Trinajstić information content (AvgIpc) is 2.05. The largest absolute Gasteiger partial charge is 0.206 e. The van der Waals surface area contributed by atoms with E-state index in [4.69, 9.17) is 0 Å². The summed E-state index contributed by atoms with van der Waals surface area (Å²) in [7, 11) is -3.04. The van der Waals surface area contributed by atoms with E-state index < -0.39 is 16.1 Å². The maximum absolute atomic E-state index is 14.3. The monoisotopic (exact) mass is 318 g/mol. The number of rotatable bonds is 2. The molecule has 4 heteroatoms. The highest BCUT2D eigenvalue weighted by molar-refractivity contribution is 9.10. The van der Waals surface area contributed by atoms with Gasteiger partial charge in [-0.05, 0) is 26.3 Å². The molecule has 0 aliphatic rings. The topological polar surface area (TPSA) is 0 Å². The quantitative estimate of drug-likeness (QED) is 0.730. The van der Waals surface area contributed by atoms with Crippen molar-refractivity contribution in [1.29, 1.82) is 0 Å². The molecule has 0 aliphatic carbocycles. The highest BCUT2D eigenvalue weighted by Crippen LogP contribution is 2.18. The molecule has 1 aromatic rings. The van der Waals surface area contributed by atoms with E-state index >= 15 is 0 Å². The molecule has 0 amide bonds. The van der Waals surface area contributed by atoms with Crippen LogP contribution in [-0.2, 0) is 0 Å². The van der Waals surface area contributed by atoms with Crippen LogP contribution in [0, 0.1) is 5.82 Å². The number of hydrogen-bond donors (Lipinski definition) is 0. The zero-order valence-electron chi connectivity index (χ0n) is 10.9. The van der Waals surface area contributed by atoms with Crippen molar-refractivity contribution in [2.75, 3.05) is 0 Å². The summed E-state index contributed by atoms with van der Waals surface area (Å²) in [6.07, 6.45) is 0. The molecule has 0 unspecified atom stereocenters. The lowest BCUT2D eigenvalue weighted by atomic mass is 10.3. The third-order valence-corrected chi connectivity index (χ3v) is 7.87. The summed E-state index contributed by atoms with van der Waals surface area (Å²) in [4.78, 5) is 0. The second kappa shape index (κ2) is 4.39. The van der Waals surface area contributed by atoms with Gasteiger partial charge in [0.05, 0.1) is 20.6 Å². The Morgan fingerprint density at radius 1 is 0.875 bits per heavy atom. The van der Waals surface area contributed by atoms with Crippen LogP contribution < -0.4 is 10.4 Å². The summed E-state index contributed by atoms with van der Waals surface area (Å²) in [5.41, 5.74) is 0. The summed E-state index contributed by atoms with van der Waals surface area (Å²) < 4.78 is 15.0. The Hall–Kier alpha value is 0.0638. The maximum atomic E-state index is 14.3. The highest BCUT2D eigenvalue weighted by Gasteiger charge is 2.27. The Morgan fingerprint density at radius 3 is 1.62 bits per heavy atom. The van der Waals surface area contributed by atoms with E-state index in [2.05, 4.69) is 61.3 Å². The third-order valence-electron chi connectivity index (χ3n) is 2.70. The molecule has 16 heavy (non-hydrogen) atoms. The second-order valence-corrected chi connectivity index (χ2v) is 17.2. The molecule has 0 saturated heterocycles. The van der Waals surface area contributed by atoms with E-state index in [1.807, 2.05) is 6.07 Å². The standard InChI is InChI=1S/C12H20BrFSi2/c1-15(2,3)9-7-8-10(16(4,5)6)12(14)11(9)13/h7-8H,1-6H3. The SMILES string of the molecule is C[Si](C)(C)c1ccc([Si](C)(C)C)c(Br)c1F. The molecule has 0 bridgehead atoms. The van der Waals surface area contributed by atoms with Gasteiger partial charge in [-0.3, -0.25) is 0 Å². The minimum atomic E-state index is -1.58. The smallest absolute Gasteiger partial charge is 0.136 e. The lowest BCUT2D eigenvalue weighted by molar-refractivity contribution is 0.629. The Bertz CT molecular complexity index is 364. The van der Waals surface area contributed by atoms with E-state index in [9.17, 15) is 4.39 Å². The number of benzene rings is 1. The number of hydrogen-bond acceptors (Lipinski definition) is 0. The van der Waals surface area contributed by atoms with Crippen molar-refractivity contribution < 1.29 is 4.39 Å². The fourth-order valence-corrected chi connectivity index (χ4v) is 6.74. The van der Waals surface area contributed by atoms with Crippen LogP contribution in [0.15, 0.2) is 16.6 Å². The van der Waals surface area contributed by atoms with Gasteiger partial charge in [0, 0.05) is 0 Å². The molecular weight excluding hydrogens is 299 g/mol. The van der Waals surface area contributed by atoms with Gasteiger partial charge >= 0.3 is 0 Å². The van der Waals surface area contributed by atoms with E-state index in [0.717, 1.165) is 5.19 Å². The first-order chi connectivity index (χ1) is 7.05. The Morgan fingerprint density at radius 2 is 1.25 bits per heavy atom. The molecule has 0 spiro atoms. The predicted molar refractivity (Wildman–Crippen MR) is 80.1 cm³/mol. The molecular formula is C12H20BrFSi2. The summed E-state index contributed by atoms with van der Waals surface area (Å²) in [6.45, 7) is 13.2. The van der Waals surface area contributed by atoms with Crippen LogP contribution in [0.1, 0.15) is 0 Å². The van der Waals surface area contributed by atoms with Crippen LogP contribution in [0.2, 0.25) is 39.3 Å². The third kappa shape index (κ3) is 2.84. The lowest BCUT2D eigenvalue weighted by Gasteiger charge is -2.23. The first-order valence-corrected chi connectivity index (χ1v) is 13.3. The van der Waals surface area contributed by atoms with Crippen LogP contribution in [0.25, 0.3) is 0 Å². The van der Waals surface area contributed by atoms with Gasteiger partial charge in [-0.2, -0.15) is 0 Å². The molecule has 0 atom stereocenters. The van der Waals surface area contributed by atoms with Gasteiger partial charge in [0.15, 0.2) is 0 Å². The molecule has 0 nitrogen and oxygen atoms in total. The van der Waals surface area contributed by atoms with Crippen molar-refractivity contribution >= 4 is 42.5 Å². The van der Waals surface area contributed by atoms with E-state index in [0.29, 0.717) is 4.47 Å². The van der Waals surface area contributed by atoms with Crippen LogP contribution in [-0.4, -0.2) is 16.1 Å². The maximum Gasteiger partial charge on any atom is 0.136 e. The van der Waals surface area contributed by atoms with Crippen molar-refractivity contribution in [1.82, 2.24) is 0 Å². The van der Waals surface area contributed by atoms with Crippen molar-refractivity contribution in [3.05, 3.63) is 22.4 Å². The van der Waals surface area contributed by atoms with Gasteiger partial charge in [-0.15, -0.1) is 0 Å². The lowest BCUT2D eigenvalue weighted by Crippen LogP contribution is -2.45. The van der Waals surface area contributed by atoms with Crippen LogP contribution in [0.3, 0.4) is 0 Å². The molecule has 1 aromatic carbocycles. The normalized spacial score (nSPS) is 13.0. The van der Waals surface area contributed by atoms with Gasteiger partial charge in [-0.1, -0.05) is 51.4 Å². The minimum absolute atomic E-state index is 0.0286. The minimum Gasteiger partial charge on any atom is -0.206 e. The van der Waals surface area contributed by atoms with E-state index in [1.165, 1.54) is 5.19 Å². The first kappa shape index (κ1) is 14.1. The Balaban J connectivity index is 3.41. The van der Waals surface area contributed by atoms with E-state index in [-0.39, 0.29) is 5.82 Å². The van der Waals surface area contributed by atoms with Gasteiger partial charge in [0.25, 0.3) is 0 Å². The fourth-order valence-electron chi connectivity index (χ4n) is 1.71. The molecule has 0 fully saturated rings. The van der Waals surface area contributed by atoms with Gasteiger partial charge < -0.3 is 0 Å². The molecule has 0 aromatic heterocycles. The average molecular weight is 319 g/mol. The van der Waals surface area contributed by atoms with Gasteiger partial charge in [0.2, 0.25) is 0 Å². The van der Waals surface area contributed by atoms with Crippen LogP contribution in [0.4, 0.5) is 4.39 Å². The van der Waals surface area contributed by atoms with Crippen LogP contribution in [0.5, 0.6) is 0 Å². The van der Waals surface area contributed by atoms with Gasteiger partial charge in [-0.25, -0.2) is 4.39 Å². The summed E-state index contributed by atoms with van der Waals surface area (Å²) in [5, 5.41) is 2.09. The Kier molecular flexibility index (Phi) is 3.87. The Labute approximate surface area is 108 Å². The molecule has 0 saturated carbocycles. The zero-order chi connectivity index (χ0) is 12.7. The summed E-state index contributed by atoms with van der Waals surface area (Å²) in [5.74, 6) is -0.0286.